The summed E-state index contributed by atoms with van der Waals surface area (Å²) in [6.45, 7) is 6.38. The van der Waals surface area contributed by atoms with Crippen LogP contribution in [0.25, 0.3) is 0 Å². The molecule has 1 N–H and O–H groups in total. The second kappa shape index (κ2) is 4.80. The Morgan fingerprint density at radius 1 is 1.36 bits per heavy atom. The lowest BCUT2D eigenvalue weighted by Gasteiger charge is -2.19. The number of ether oxygens (including phenoxy) is 1. The summed E-state index contributed by atoms with van der Waals surface area (Å²) in [6, 6.07) is 4.07. The van der Waals surface area contributed by atoms with Crippen LogP contribution in [0.15, 0.2) is 12.1 Å². The van der Waals surface area contributed by atoms with Crippen molar-refractivity contribution in [3.05, 3.63) is 17.0 Å². The van der Waals surface area contributed by atoms with E-state index in [1.54, 1.807) is 11.3 Å². The van der Waals surface area contributed by atoms with E-state index in [9.17, 15) is 0 Å². The van der Waals surface area contributed by atoms with Crippen molar-refractivity contribution >= 4 is 11.3 Å². The summed E-state index contributed by atoms with van der Waals surface area (Å²) in [7, 11) is 0. The quantitative estimate of drug-likeness (QED) is 0.835. The van der Waals surface area contributed by atoms with Gasteiger partial charge >= 0.3 is 0 Å². The molecule has 0 saturated carbocycles. The predicted molar refractivity (Wildman–Crippen MR) is 60.1 cm³/mol. The number of thiophene rings is 1. The van der Waals surface area contributed by atoms with Crippen molar-refractivity contribution in [2.75, 3.05) is 6.61 Å². The van der Waals surface area contributed by atoms with Gasteiger partial charge in [-0.15, -0.1) is 11.3 Å². The molecule has 0 amide bonds. The van der Waals surface area contributed by atoms with Crippen LogP contribution in [-0.2, 0) is 6.42 Å². The fourth-order valence-corrected chi connectivity index (χ4v) is 2.17. The Balaban J connectivity index is 2.51. The second-order valence-electron chi connectivity index (χ2n) is 4.26. The first-order valence-corrected chi connectivity index (χ1v) is 5.71. The molecular weight excluding hydrogens is 196 g/mol. The van der Waals surface area contributed by atoms with Gasteiger partial charge in [-0.2, -0.15) is 0 Å². The summed E-state index contributed by atoms with van der Waals surface area (Å²) in [6.07, 6.45) is 1.77. The molecule has 0 fully saturated rings. The largest absolute Gasteiger partial charge is 0.479 e. The molecule has 3 heteroatoms. The van der Waals surface area contributed by atoms with Crippen LogP contribution in [0.1, 0.15) is 32.1 Å². The molecule has 14 heavy (non-hydrogen) atoms. The zero-order chi connectivity index (χ0) is 10.6. The molecule has 1 aromatic heterocycles. The molecule has 1 aromatic rings. The third-order valence-corrected chi connectivity index (χ3v) is 2.65. The molecule has 0 aliphatic carbocycles. The van der Waals surface area contributed by atoms with E-state index < -0.39 is 0 Å². The highest BCUT2D eigenvalue weighted by Crippen LogP contribution is 2.28. The van der Waals surface area contributed by atoms with Gasteiger partial charge in [0.05, 0.1) is 0 Å². The van der Waals surface area contributed by atoms with Crippen LogP contribution in [0.4, 0.5) is 0 Å². The Kier molecular flexibility index (Phi) is 3.96. The van der Waals surface area contributed by atoms with Crippen LogP contribution in [0.5, 0.6) is 5.06 Å². The zero-order valence-electron chi connectivity index (χ0n) is 9.04. The van der Waals surface area contributed by atoms with Gasteiger partial charge < -0.3 is 9.84 Å². The van der Waals surface area contributed by atoms with Crippen LogP contribution in [-0.4, -0.2) is 17.3 Å². The minimum Gasteiger partial charge on any atom is -0.479 e. The SMILES string of the molecule is CC(C)(C)Oc1ccc(CCCO)s1. The molecule has 0 aromatic carbocycles. The number of aryl methyl sites for hydroxylation is 1. The number of hydrogen-bond donors (Lipinski definition) is 1. The van der Waals surface area contributed by atoms with Gasteiger partial charge in [-0.1, -0.05) is 0 Å². The summed E-state index contributed by atoms with van der Waals surface area (Å²) >= 11 is 1.67. The van der Waals surface area contributed by atoms with Crippen LogP contribution >= 0.6 is 11.3 Å². The first-order valence-electron chi connectivity index (χ1n) is 4.90. The molecular formula is C11H18O2S. The van der Waals surface area contributed by atoms with Gasteiger partial charge in [0, 0.05) is 11.5 Å². The zero-order valence-corrected chi connectivity index (χ0v) is 9.86. The summed E-state index contributed by atoms with van der Waals surface area (Å²) < 4.78 is 5.72. The molecule has 0 aliphatic rings. The maximum atomic E-state index is 8.69. The molecule has 0 bridgehead atoms. The Morgan fingerprint density at radius 2 is 2.07 bits per heavy atom. The normalized spacial score (nSPS) is 11.7. The summed E-state index contributed by atoms with van der Waals surface area (Å²) in [4.78, 5) is 1.28. The van der Waals surface area contributed by atoms with E-state index >= 15 is 0 Å². The molecule has 1 rings (SSSR count). The highest BCUT2D eigenvalue weighted by atomic mass is 32.1. The standard InChI is InChI=1S/C11H18O2S/c1-11(2,3)13-10-7-6-9(14-10)5-4-8-12/h6-7,12H,4-5,8H2,1-3H3. The van der Waals surface area contributed by atoms with Crippen molar-refractivity contribution in [3.8, 4) is 5.06 Å². The summed E-state index contributed by atoms with van der Waals surface area (Å²) in [5.41, 5.74) is -0.126. The van der Waals surface area contributed by atoms with Gasteiger partial charge in [-0.05, 0) is 45.7 Å². The van der Waals surface area contributed by atoms with Crippen molar-refractivity contribution < 1.29 is 9.84 Å². The lowest BCUT2D eigenvalue weighted by atomic mass is 10.2. The van der Waals surface area contributed by atoms with Gasteiger partial charge in [-0.3, -0.25) is 0 Å². The number of aliphatic hydroxyl groups excluding tert-OH is 1. The summed E-state index contributed by atoms with van der Waals surface area (Å²) in [5, 5.41) is 9.66. The lowest BCUT2D eigenvalue weighted by molar-refractivity contribution is 0.136. The second-order valence-corrected chi connectivity index (χ2v) is 5.39. The average molecular weight is 214 g/mol. The van der Waals surface area contributed by atoms with Gasteiger partial charge in [0.2, 0.25) is 0 Å². The first kappa shape index (κ1) is 11.5. The molecule has 2 nitrogen and oxygen atoms in total. The Hall–Kier alpha value is -0.540. The topological polar surface area (TPSA) is 29.5 Å². The Morgan fingerprint density at radius 3 is 2.64 bits per heavy atom. The Bertz CT molecular complexity index is 273. The number of aliphatic hydroxyl groups is 1. The van der Waals surface area contributed by atoms with Crippen molar-refractivity contribution in [1.82, 2.24) is 0 Å². The van der Waals surface area contributed by atoms with E-state index in [1.165, 1.54) is 4.88 Å². The third kappa shape index (κ3) is 4.11. The van der Waals surface area contributed by atoms with Gasteiger partial charge in [0.1, 0.15) is 5.60 Å². The highest BCUT2D eigenvalue weighted by molar-refractivity contribution is 7.13. The van der Waals surface area contributed by atoms with E-state index in [1.807, 2.05) is 26.8 Å². The van der Waals surface area contributed by atoms with E-state index in [-0.39, 0.29) is 12.2 Å². The van der Waals surface area contributed by atoms with Crippen LogP contribution in [0, 0.1) is 0 Å². The van der Waals surface area contributed by atoms with E-state index in [4.69, 9.17) is 9.84 Å². The third-order valence-electron chi connectivity index (χ3n) is 1.63. The van der Waals surface area contributed by atoms with Crippen molar-refractivity contribution in [3.63, 3.8) is 0 Å². The smallest absolute Gasteiger partial charge is 0.174 e. The fourth-order valence-electron chi connectivity index (χ4n) is 1.10. The molecule has 0 atom stereocenters. The maximum absolute atomic E-state index is 8.69. The van der Waals surface area contributed by atoms with Gasteiger partial charge in [0.25, 0.3) is 0 Å². The molecule has 0 spiro atoms. The van der Waals surface area contributed by atoms with Gasteiger partial charge in [0.15, 0.2) is 5.06 Å². The van der Waals surface area contributed by atoms with Crippen molar-refractivity contribution in [2.45, 2.75) is 39.2 Å². The molecule has 1 heterocycles. The monoisotopic (exact) mass is 214 g/mol. The van der Waals surface area contributed by atoms with Crippen molar-refractivity contribution in [2.24, 2.45) is 0 Å². The highest BCUT2D eigenvalue weighted by Gasteiger charge is 2.12. The summed E-state index contributed by atoms with van der Waals surface area (Å²) in [5.74, 6) is 0. The average Bonchev–Trinajstić information content (AvgIpc) is 2.46. The predicted octanol–water partition coefficient (Wildman–Crippen LogP) is 2.85. The van der Waals surface area contributed by atoms with Gasteiger partial charge in [-0.25, -0.2) is 0 Å². The first-order chi connectivity index (χ1) is 6.51. The van der Waals surface area contributed by atoms with Crippen LogP contribution in [0.2, 0.25) is 0 Å². The molecule has 0 unspecified atom stereocenters. The molecule has 0 radical (unpaired) electrons. The van der Waals surface area contributed by atoms with Crippen LogP contribution < -0.4 is 4.74 Å². The van der Waals surface area contributed by atoms with E-state index in [2.05, 4.69) is 6.07 Å². The molecule has 0 aliphatic heterocycles. The van der Waals surface area contributed by atoms with Crippen LogP contribution in [0.3, 0.4) is 0 Å². The van der Waals surface area contributed by atoms with E-state index in [0.717, 1.165) is 17.9 Å². The number of hydrogen-bond acceptors (Lipinski definition) is 3. The maximum Gasteiger partial charge on any atom is 0.174 e. The number of rotatable bonds is 4. The van der Waals surface area contributed by atoms with E-state index in [0.29, 0.717) is 0 Å². The minimum atomic E-state index is -0.126. The fraction of sp³-hybridized carbons (Fsp3) is 0.636. The Labute approximate surface area is 89.5 Å². The minimum absolute atomic E-state index is 0.126. The van der Waals surface area contributed by atoms with Crippen molar-refractivity contribution in [1.29, 1.82) is 0 Å². The lowest BCUT2D eigenvalue weighted by Crippen LogP contribution is -2.22. The molecule has 80 valence electrons. The molecule has 0 saturated heterocycles.